The van der Waals surface area contributed by atoms with E-state index in [1.54, 1.807) is 0 Å². The van der Waals surface area contributed by atoms with E-state index in [1.165, 1.54) is 0 Å². The minimum absolute atomic E-state index is 0.118. The van der Waals surface area contributed by atoms with Crippen LogP contribution in [0.2, 0.25) is 0 Å². The zero-order valence-electron chi connectivity index (χ0n) is 16.1. The van der Waals surface area contributed by atoms with E-state index in [0.717, 1.165) is 23.3 Å². The van der Waals surface area contributed by atoms with Crippen molar-refractivity contribution in [1.82, 2.24) is 15.3 Å². The van der Waals surface area contributed by atoms with E-state index in [9.17, 15) is 4.79 Å². The molecule has 3 aromatic rings. The van der Waals surface area contributed by atoms with Crippen molar-refractivity contribution in [2.75, 3.05) is 0 Å². The Morgan fingerprint density at radius 2 is 1.81 bits per heavy atom. The molecule has 142 valence electrons. The third-order valence-corrected chi connectivity index (χ3v) is 4.45. The van der Waals surface area contributed by atoms with Crippen LogP contribution in [0.25, 0.3) is 11.0 Å². The predicted molar refractivity (Wildman–Crippen MR) is 108 cm³/mol. The Morgan fingerprint density at radius 3 is 2.48 bits per heavy atom. The van der Waals surface area contributed by atoms with E-state index in [4.69, 9.17) is 4.74 Å². The van der Waals surface area contributed by atoms with Crippen LogP contribution >= 0.6 is 0 Å². The van der Waals surface area contributed by atoms with Gasteiger partial charge in [-0.15, -0.1) is 0 Å². The summed E-state index contributed by atoms with van der Waals surface area (Å²) in [4.78, 5) is 20.9. The third-order valence-electron chi connectivity index (χ3n) is 4.45. The Kier molecular flexibility index (Phi) is 6.12. The first-order chi connectivity index (χ1) is 13.1. The topological polar surface area (TPSA) is 67.0 Å². The van der Waals surface area contributed by atoms with Crippen LogP contribution in [0.4, 0.5) is 0 Å². The number of H-pyrrole nitrogens is 1. The molecule has 3 rings (SSSR count). The molecule has 2 aromatic carbocycles. The van der Waals surface area contributed by atoms with E-state index in [2.05, 4.69) is 29.1 Å². The molecular weight excluding hydrogens is 338 g/mol. The van der Waals surface area contributed by atoms with Gasteiger partial charge in [0.15, 0.2) is 6.10 Å². The smallest absolute Gasteiger partial charge is 0.261 e. The SMILES string of the molecule is CCC(Oc1ccccc1)C(=O)NC(CC(C)C)c1nc2ccccc2[nH]1. The number of para-hydroxylation sites is 3. The molecule has 1 aromatic heterocycles. The predicted octanol–water partition coefficient (Wildman–Crippen LogP) is 4.62. The lowest BCUT2D eigenvalue weighted by Crippen LogP contribution is -2.40. The van der Waals surface area contributed by atoms with Gasteiger partial charge in [0.1, 0.15) is 11.6 Å². The summed E-state index contributed by atoms with van der Waals surface area (Å²) in [5.41, 5.74) is 1.88. The van der Waals surface area contributed by atoms with Crippen molar-refractivity contribution in [3.63, 3.8) is 0 Å². The first kappa shape index (κ1) is 19.0. The highest BCUT2D eigenvalue weighted by Crippen LogP contribution is 2.23. The number of fused-ring (bicyclic) bond motifs is 1. The van der Waals surface area contributed by atoms with E-state index in [1.807, 2.05) is 61.5 Å². The van der Waals surface area contributed by atoms with Gasteiger partial charge in [-0.3, -0.25) is 4.79 Å². The van der Waals surface area contributed by atoms with Crippen LogP contribution in [-0.2, 0) is 4.79 Å². The quantitative estimate of drug-likeness (QED) is 0.612. The maximum atomic E-state index is 12.9. The molecule has 5 nitrogen and oxygen atoms in total. The average molecular weight is 365 g/mol. The molecule has 0 aliphatic rings. The van der Waals surface area contributed by atoms with Gasteiger partial charge in [-0.1, -0.05) is 51.1 Å². The number of aromatic nitrogens is 2. The van der Waals surface area contributed by atoms with Crippen LogP contribution in [0.15, 0.2) is 54.6 Å². The van der Waals surface area contributed by atoms with Crippen molar-refractivity contribution < 1.29 is 9.53 Å². The lowest BCUT2D eigenvalue weighted by molar-refractivity contribution is -0.129. The molecule has 2 atom stereocenters. The fraction of sp³-hybridized carbons (Fsp3) is 0.364. The molecule has 0 bridgehead atoms. The number of hydrogen-bond donors (Lipinski definition) is 2. The van der Waals surface area contributed by atoms with Gasteiger partial charge in [0.05, 0.1) is 17.1 Å². The van der Waals surface area contributed by atoms with E-state index >= 15 is 0 Å². The van der Waals surface area contributed by atoms with Gasteiger partial charge in [-0.05, 0) is 43.0 Å². The van der Waals surface area contributed by atoms with Gasteiger partial charge in [-0.2, -0.15) is 0 Å². The third kappa shape index (κ3) is 4.88. The highest BCUT2D eigenvalue weighted by molar-refractivity contribution is 5.81. The molecular formula is C22H27N3O2. The zero-order valence-corrected chi connectivity index (χ0v) is 16.1. The van der Waals surface area contributed by atoms with Crippen LogP contribution in [0.3, 0.4) is 0 Å². The maximum Gasteiger partial charge on any atom is 0.261 e. The number of carbonyl (C=O) groups excluding carboxylic acids is 1. The first-order valence-corrected chi connectivity index (χ1v) is 9.53. The summed E-state index contributed by atoms with van der Waals surface area (Å²) < 4.78 is 5.88. The number of carbonyl (C=O) groups is 1. The van der Waals surface area contributed by atoms with Crippen LogP contribution in [0.1, 0.15) is 45.5 Å². The van der Waals surface area contributed by atoms with Gasteiger partial charge >= 0.3 is 0 Å². The van der Waals surface area contributed by atoms with Crippen LogP contribution < -0.4 is 10.1 Å². The summed E-state index contributed by atoms with van der Waals surface area (Å²) in [7, 11) is 0. The molecule has 1 amide bonds. The number of hydrogen-bond acceptors (Lipinski definition) is 3. The standard InChI is InChI=1S/C22H27N3O2/c1-4-20(27-16-10-6-5-7-11-16)22(26)25-19(14-15(2)3)21-23-17-12-8-9-13-18(17)24-21/h5-13,15,19-20H,4,14H2,1-3H3,(H,23,24)(H,25,26). The fourth-order valence-electron chi connectivity index (χ4n) is 3.10. The molecule has 0 saturated heterocycles. The molecule has 0 spiro atoms. The largest absolute Gasteiger partial charge is 0.481 e. The van der Waals surface area contributed by atoms with Crippen molar-refractivity contribution in [1.29, 1.82) is 0 Å². The van der Waals surface area contributed by atoms with Crippen molar-refractivity contribution in [2.45, 2.75) is 45.8 Å². The van der Waals surface area contributed by atoms with Crippen molar-refractivity contribution in [3.8, 4) is 5.75 Å². The number of ether oxygens (including phenoxy) is 1. The summed E-state index contributed by atoms with van der Waals surface area (Å²) in [5, 5.41) is 3.14. The Morgan fingerprint density at radius 1 is 1.11 bits per heavy atom. The Balaban J connectivity index is 1.77. The normalized spacial score (nSPS) is 13.5. The molecule has 5 heteroatoms. The number of rotatable bonds is 8. The van der Waals surface area contributed by atoms with Crippen molar-refractivity contribution in [3.05, 3.63) is 60.4 Å². The van der Waals surface area contributed by atoms with E-state index < -0.39 is 6.10 Å². The highest BCUT2D eigenvalue weighted by Gasteiger charge is 2.25. The number of nitrogens with one attached hydrogen (secondary N) is 2. The zero-order chi connectivity index (χ0) is 19.2. The lowest BCUT2D eigenvalue weighted by atomic mass is 10.0. The maximum absolute atomic E-state index is 12.9. The first-order valence-electron chi connectivity index (χ1n) is 9.53. The van der Waals surface area contributed by atoms with E-state index in [-0.39, 0.29) is 11.9 Å². The van der Waals surface area contributed by atoms with Gasteiger partial charge in [0.25, 0.3) is 5.91 Å². The molecule has 27 heavy (non-hydrogen) atoms. The number of imidazole rings is 1. The Labute approximate surface area is 160 Å². The van der Waals surface area contributed by atoms with Crippen LogP contribution in [0.5, 0.6) is 5.75 Å². The summed E-state index contributed by atoms with van der Waals surface area (Å²) in [6.07, 6.45) is 0.856. The monoisotopic (exact) mass is 365 g/mol. The Bertz CT molecular complexity index is 840. The summed E-state index contributed by atoms with van der Waals surface area (Å²) >= 11 is 0. The molecule has 1 heterocycles. The number of nitrogens with zero attached hydrogens (tertiary/aromatic N) is 1. The lowest BCUT2D eigenvalue weighted by Gasteiger charge is -2.23. The molecule has 0 fully saturated rings. The summed E-state index contributed by atoms with van der Waals surface area (Å²) in [6, 6.07) is 17.2. The van der Waals surface area contributed by atoms with Crippen molar-refractivity contribution >= 4 is 16.9 Å². The molecule has 2 unspecified atom stereocenters. The molecule has 0 aliphatic carbocycles. The van der Waals surface area contributed by atoms with Crippen LogP contribution in [-0.4, -0.2) is 22.0 Å². The fourth-order valence-corrected chi connectivity index (χ4v) is 3.10. The minimum atomic E-state index is -0.536. The van der Waals surface area contributed by atoms with E-state index in [0.29, 0.717) is 18.1 Å². The second-order valence-electron chi connectivity index (χ2n) is 7.16. The van der Waals surface area contributed by atoms with Gasteiger partial charge in [-0.25, -0.2) is 4.98 Å². The molecule has 0 radical (unpaired) electrons. The summed E-state index contributed by atoms with van der Waals surface area (Å²) in [5.74, 6) is 1.78. The number of amides is 1. The minimum Gasteiger partial charge on any atom is -0.481 e. The van der Waals surface area contributed by atoms with Gasteiger partial charge in [0.2, 0.25) is 0 Å². The number of aromatic amines is 1. The average Bonchev–Trinajstić information content (AvgIpc) is 3.10. The molecule has 0 saturated carbocycles. The highest BCUT2D eigenvalue weighted by atomic mass is 16.5. The van der Waals surface area contributed by atoms with Crippen LogP contribution in [0, 0.1) is 5.92 Å². The summed E-state index contributed by atoms with van der Waals surface area (Å²) in [6.45, 7) is 6.23. The van der Waals surface area contributed by atoms with Gasteiger partial charge < -0.3 is 15.0 Å². The number of benzene rings is 2. The molecule has 0 aliphatic heterocycles. The van der Waals surface area contributed by atoms with Gasteiger partial charge in [0, 0.05) is 0 Å². The molecule has 2 N–H and O–H groups in total. The van der Waals surface area contributed by atoms with Crippen molar-refractivity contribution in [2.24, 2.45) is 5.92 Å². The Hall–Kier alpha value is -2.82. The second kappa shape index (κ2) is 8.71. The second-order valence-corrected chi connectivity index (χ2v) is 7.16.